The molecule has 2 N–H and O–H groups in total. The largest absolute Gasteiger partial charge is 0.504 e. The third-order valence-electron chi connectivity index (χ3n) is 3.24. The summed E-state index contributed by atoms with van der Waals surface area (Å²) >= 11 is 0. The van der Waals surface area contributed by atoms with Gasteiger partial charge in [0.1, 0.15) is 5.75 Å². The summed E-state index contributed by atoms with van der Waals surface area (Å²) in [5, 5.41) is 19.9. The van der Waals surface area contributed by atoms with Crippen molar-refractivity contribution in [1.29, 1.82) is 0 Å². The lowest BCUT2D eigenvalue weighted by molar-refractivity contribution is -0.129. The molecule has 2 aromatic carbocycles. The number of rotatable bonds is 6. The molecule has 132 valence electrons. The minimum Gasteiger partial charge on any atom is -0.504 e. The van der Waals surface area contributed by atoms with Crippen molar-refractivity contribution in [3.8, 4) is 23.0 Å². The minimum absolute atomic E-state index is 0.175. The van der Waals surface area contributed by atoms with Crippen LogP contribution >= 0.6 is 0 Å². The van der Waals surface area contributed by atoms with E-state index < -0.39 is 29.2 Å². The summed E-state index contributed by atoms with van der Waals surface area (Å²) in [5.41, 5.74) is -0.0225. The first kappa shape index (κ1) is 18.5. The van der Waals surface area contributed by atoms with Crippen LogP contribution in [0.2, 0.25) is 0 Å². The molecular weight excluding hydrogens is 340 g/mol. The van der Waals surface area contributed by atoms with Crippen molar-refractivity contribution in [2.45, 2.75) is 0 Å². The van der Waals surface area contributed by atoms with Crippen molar-refractivity contribution >= 4 is 17.7 Å². The predicted molar refractivity (Wildman–Crippen MR) is 91.3 cm³/mol. The van der Waals surface area contributed by atoms with Gasteiger partial charge in [0.25, 0.3) is 0 Å². The van der Waals surface area contributed by atoms with Gasteiger partial charge in [-0.25, -0.2) is 9.59 Å². The Kier molecular flexibility index (Phi) is 5.54. The number of aromatic hydroxyl groups is 2. The smallest absolute Gasteiger partial charge is 0.335 e. The van der Waals surface area contributed by atoms with Gasteiger partial charge in [-0.15, -0.1) is 0 Å². The van der Waals surface area contributed by atoms with Crippen LogP contribution in [0.15, 0.2) is 61.7 Å². The van der Waals surface area contributed by atoms with Crippen LogP contribution in [0.5, 0.6) is 23.0 Å². The fourth-order valence-corrected chi connectivity index (χ4v) is 1.96. The quantitative estimate of drug-likeness (QED) is 0.270. The predicted octanol–water partition coefficient (Wildman–Crippen LogP) is 2.51. The van der Waals surface area contributed by atoms with Gasteiger partial charge in [-0.1, -0.05) is 13.2 Å². The van der Waals surface area contributed by atoms with E-state index >= 15 is 0 Å². The first-order valence-corrected chi connectivity index (χ1v) is 7.25. The van der Waals surface area contributed by atoms with Gasteiger partial charge >= 0.3 is 11.9 Å². The summed E-state index contributed by atoms with van der Waals surface area (Å²) in [7, 11) is 0. The lowest BCUT2D eigenvalue weighted by atomic mass is 10.0. The monoisotopic (exact) mass is 354 g/mol. The Balaban J connectivity index is 2.28. The van der Waals surface area contributed by atoms with Crippen molar-refractivity contribution in [2.24, 2.45) is 0 Å². The fraction of sp³-hybridized carbons (Fsp3) is 0. The zero-order chi connectivity index (χ0) is 19.3. The van der Waals surface area contributed by atoms with E-state index in [1.54, 1.807) is 0 Å². The number of ketones is 1. The van der Waals surface area contributed by atoms with Gasteiger partial charge in [0.15, 0.2) is 17.3 Å². The van der Waals surface area contributed by atoms with Gasteiger partial charge < -0.3 is 19.7 Å². The molecule has 26 heavy (non-hydrogen) atoms. The topological polar surface area (TPSA) is 110 Å². The van der Waals surface area contributed by atoms with E-state index in [0.29, 0.717) is 0 Å². The minimum atomic E-state index is -0.830. The Bertz CT molecular complexity index is 895. The molecule has 7 nitrogen and oxygen atoms in total. The molecule has 0 saturated carbocycles. The van der Waals surface area contributed by atoms with Crippen molar-refractivity contribution in [1.82, 2.24) is 0 Å². The molecule has 0 radical (unpaired) electrons. The van der Waals surface area contributed by atoms with E-state index in [1.165, 1.54) is 36.4 Å². The summed E-state index contributed by atoms with van der Waals surface area (Å²) in [6.45, 7) is 6.49. The highest BCUT2D eigenvalue weighted by Gasteiger charge is 2.20. The van der Waals surface area contributed by atoms with Crippen molar-refractivity contribution in [3.05, 3.63) is 72.8 Å². The SMILES string of the molecule is C=CC(=O)Oc1ccc(C(=O)c2ccc(OC(=O)C=C)c(O)c2O)cc1. The van der Waals surface area contributed by atoms with Gasteiger partial charge in [0, 0.05) is 17.7 Å². The number of carbonyl (C=O) groups is 3. The average Bonchev–Trinajstić information content (AvgIpc) is 2.65. The number of benzene rings is 2. The molecule has 0 amide bonds. The first-order chi connectivity index (χ1) is 12.4. The molecule has 0 aliphatic heterocycles. The zero-order valence-electron chi connectivity index (χ0n) is 13.5. The van der Waals surface area contributed by atoms with Crippen LogP contribution in [0.3, 0.4) is 0 Å². The highest BCUT2D eigenvalue weighted by molar-refractivity contribution is 6.11. The number of esters is 2. The highest BCUT2D eigenvalue weighted by atomic mass is 16.5. The van der Waals surface area contributed by atoms with E-state index in [4.69, 9.17) is 9.47 Å². The third-order valence-corrected chi connectivity index (χ3v) is 3.24. The van der Waals surface area contributed by atoms with Gasteiger partial charge in [0.2, 0.25) is 5.75 Å². The maximum Gasteiger partial charge on any atom is 0.335 e. The van der Waals surface area contributed by atoms with E-state index in [2.05, 4.69) is 13.2 Å². The van der Waals surface area contributed by atoms with Crippen LogP contribution in [0.1, 0.15) is 15.9 Å². The lowest BCUT2D eigenvalue weighted by Crippen LogP contribution is -2.06. The van der Waals surface area contributed by atoms with E-state index in [1.807, 2.05) is 0 Å². The molecule has 0 atom stereocenters. The normalized spacial score (nSPS) is 9.85. The van der Waals surface area contributed by atoms with Crippen LogP contribution in [0, 0.1) is 0 Å². The van der Waals surface area contributed by atoms with Gasteiger partial charge in [0.05, 0.1) is 5.56 Å². The maximum absolute atomic E-state index is 12.5. The summed E-state index contributed by atoms with van der Waals surface area (Å²) in [6, 6.07) is 7.93. The Hall–Kier alpha value is -3.87. The first-order valence-electron chi connectivity index (χ1n) is 7.25. The molecule has 0 heterocycles. The Morgan fingerprint density at radius 2 is 1.38 bits per heavy atom. The van der Waals surface area contributed by atoms with Crippen LogP contribution < -0.4 is 9.47 Å². The van der Waals surface area contributed by atoms with Crippen LogP contribution in [-0.2, 0) is 9.59 Å². The second-order valence-electron chi connectivity index (χ2n) is 4.91. The van der Waals surface area contributed by atoms with Gasteiger partial charge in [-0.2, -0.15) is 0 Å². The molecule has 0 aliphatic rings. The second-order valence-corrected chi connectivity index (χ2v) is 4.91. The number of phenols is 2. The van der Waals surface area contributed by atoms with E-state index in [0.717, 1.165) is 12.2 Å². The van der Waals surface area contributed by atoms with Crippen LogP contribution in [0.4, 0.5) is 0 Å². The summed E-state index contributed by atoms with van der Waals surface area (Å²) in [4.78, 5) is 34.8. The van der Waals surface area contributed by atoms with Gasteiger partial charge in [-0.3, -0.25) is 4.79 Å². The van der Waals surface area contributed by atoms with Crippen molar-refractivity contribution in [2.75, 3.05) is 0 Å². The molecular formula is C19H14O7. The summed E-state index contributed by atoms with van der Waals surface area (Å²) in [5.74, 6) is -3.64. The standard InChI is InChI=1S/C19H14O7/c1-3-15(20)25-12-7-5-11(6-8-12)17(22)13-9-10-14(19(24)18(13)23)26-16(21)4-2/h3-10,23-24H,1-2H2. The molecule has 2 aromatic rings. The Morgan fingerprint density at radius 3 is 1.96 bits per heavy atom. The number of carbonyl (C=O) groups excluding carboxylic acids is 3. The van der Waals surface area contributed by atoms with Crippen LogP contribution in [-0.4, -0.2) is 27.9 Å². The molecule has 0 spiro atoms. The van der Waals surface area contributed by atoms with Crippen molar-refractivity contribution in [3.63, 3.8) is 0 Å². The molecule has 7 heteroatoms. The molecule has 0 saturated heterocycles. The average molecular weight is 354 g/mol. The number of phenolic OH excluding ortho intramolecular Hbond substituents is 2. The Morgan fingerprint density at radius 1 is 0.808 bits per heavy atom. The summed E-state index contributed by atoms with van der Waals surface area (Å²) < 4.78 is 9.64. The molecule has 2 rings (SSSR count). The second kappa shape index (κ2) is 7.80. The Labute approximate surface area is 148 Å². The summed E-state index contributed by atoms with van der Waals surface area (Å²) in [6.07, 6.45) is 1.89. The van der Waals surface area contributed by atoms with Gasteiger partial charge in [-0.05, 0) is 36.4 Å². The number of hydrogen-bond donors (Lipinski definition) is 2. The maximum atomic E-state index is 12.5. The lowest BCUT2D eigenvalue weighted by Gasteiger charge is -2.10. The molecule has 0 aliphatic carbocycles. The third kappa shape index (κ3) is 3.96. The molecule has 0 unspecified atom stereocenters. The van der Waals surface area contributed by atoms with E-state index in [-0.39, 0.29) is 22.6 Å². The molecule has 0 aromatic heterocycles. The number of hydrogen-bond acceptors (Lipinski definition) is 7. The van der Waals surface area contributed by atoms with Crippen molar-refractivity contribution < 1.29 is 34.1 Å². The zero-order valence-corrected chi connectivity index (χ0v) is 13.5. The fourth-order valence-electron chi connectivity index (χ4n) is 1.96. The number of ether oxygens (including phenoxy) is 2. The van der Waals surface area contributed by atoms with Crippen LogP contribution in [0.25, 0.3) is 0 Å². The molecule has 0 bridgehead atoms. The molecule has 0 fully saturated rings. The highest BCUT2D eigenvalue weighted by Crippen LogP contribution is 2.39. The van der Waals surface area contributed by atoms with E-state index in [9.17, 15) is 24.6 Å².